The first-order valence-electron chi connectivity index (χ1n) is 9.90. The first kappa shape index (κ1) is 23.1. The molecule has 8 heteroatoms. The summed E-state index contributed by atoms with van der Waals surface area (Å²) in [6, 6.07) is 14.1. The van der Waals surface area contributed by atoms with Gasteiger partial charge in [-0.2, -0.15) is 13.2 Å². The Balaban J connectivity index is 2.11. The van der Waals surface area contributed by atoms with Crippen LogP contribution in [0.25, 0.3) is 0 Å². The third-order valence-electron chi connectivity index (χ3n) is 5.28. The molecular weight excluding hydrogens is 421 g/mol. The van der Waals surface area contributed by atoms with Gasteiger partial charge in [-0.15, -0.1) is 0 Å². The van der Waals surface area contributed by atoms with E-state index in [1.807, 2.05) is 30.3 Å². The van der Waals surface area contributed by atoms with Crippen molar-refractivity contribution in [3.63, 3.8) is 0 Å². The number of hydrogen-bond donors (Lipinski definition) is 2. The number of alkyl halides is 3. The average molecular weight is 444 g/mol. The predicted molar refractivity (Wildman–Crippen MR) is 113 cm³/mol. The molecular formula is C24H23F3N2O3. The molecule has 32 heavy (non-hydrogen) atoms. The molecule has 2 N–H and O–H groups in total. The molecule has 0 saturated carbocycles. The van der Waals surface area contributed by atoms with Crippen LogP contribution in [-0.2, 0) is 27.0 Å². The number of ether oxygens (including phenoxy) is 1. The standard InChI is InChI=1S/C24H23F3N2O3/c1-14-19(22(30)28-13-16-9-5-4-6-10-16)21(20(15(2)29-14)23(31)32-3)17-11-7-8-12-18(17)24(25,26)27/h4-12,21,29H,13H2,1-3H3,(H,28,30)/t21-/m0/s1. The van der Waals surface area contributed by atoms with Crippen molar-refractivity contribution in [1.82, 2.24) is 10.6 Å². The topological polar surface area (TPSA) is 67.4 Å². The Bertz CT molecular complexity index is 1090. The number of halogens is 3. The number of amides is 1. The molecule has 0 saturated heterocycles. The molecule has 0 aliphatic carbocycles. The van der Waals surface area contributed by atoms with E-state index in [2.05, 4.69) is 10.6 Å². The summed E-state index contributed by atoms with van der Waals surface area (Å²) in [6.07, 6.45) is -4.67. The van der Waals surface area contributed by atoms with E-state index in [0.29, 0.717) is 11.4 Å². The molecule has 2 aromatic rings. The maximum absolute atomic E-state index is 13.8. The summed E-state index contributed by atoms with van der Waals surface area (Å²) in [5.74, 6) is -2.63. The molecule has 1 aliphatic heterocycles. The Morgan fingerprint density at radius 2 is 1.56 bits per heavy atom. The van der Waals surface area contributed by atoms with Crippen LogP contribution in [0.3, 0.4) is 0 Å². The van der Waals surface area contributed by atoms with Crippen LogP contribution in [0.2, 0.25) is 0 Å². The maximum atomic E-state index is 13.8. The van der Waals surface area contributed by atoms with Crippen LogP contribution in [-0.4, -0.2) is 19.0 Å². The highest BCUT2D eigenvalue weighted by Gasteiger charge is 2.42. The van der Waals surface area contributed by atoms with Crippen LogP contribution in [0, 0.1) is 0 Å². The number of benzene rings is 2. The zero-order valence-electron chi connectivity index (χ0n) is 17.8. The van der Waals surface area contributed by atoms with Gasteiger partial charge < -0.3 is 15.4 Å². The van der Waals surface area contributed by atoms with Crippen molar-refractivity contribution in [2.24, 2.45) is 0 Å². The fraction of sp³-hybridized carbons (Fsp3) is 0.250. The Kier molecular flexibility index (Phi) is 6.72. The molecule has 168 valence electrons. The first-order valence-corrected chi connectivity index (χ1v) is 9.90. The molecule has 5 nitrogen and oxygen atoms in total. The molecule has 0 bridgehead atoms. The molecule has 1 aliphatic rings. The minimum absolute atomic E-state index is 0.0311. The molecule has 0 aromatic heterocycles. The summed E-state index contributed by atoms with van der Waals surface area (Å²) >= 11 is 0. The quantitative estimate of drug-likeness (QED) is 0.670. The first-order chi connectivity index (χ1) is 15.1. The molecule has 1 amide bonds. The van der Waals surface area contributed by atoms with Gasteiger partial charge in [0, 0.05) is 23.5 Å². The van der Waals surface area contributed by atoms with Gasteiger partial charge in [-0.25, -0.2) is 4.79 Å². The summed E-state index contributed by atoms with van der Waals surface area (Å²) in [4.78, 5) is 25.8. The van der Waals surface area contributed by atoms with Crippen LogP contribution in [0.5, 0.6) is 0 Å². The normalized spacial score (nSPS) is 16.5. The van der Waals surface area contributed by atoms with E-state index in [9.17, 15) is 22.8 Å². The Morgan fingerprint density at radius 3 is 2.19 bits per heavy atom. The van der Waals surface area contributed by atoms with Gasteiger partial charge in [-0.1, -0.05) is 48.5 Å². The van der Waals surface area contributed by atoms with E-state index >= 15 is 0 Å². The van der Waals surface area contributed by atoms with Crippen LogP contribution in [0.1, 0.15) is 36.5 Å². The Hall–Kier alpha value is -3.55. The van der Waals surface area contributed by atoms with Crippen molar-refractivity contribution in [1.29, 1.82) is 0 Å². The lowest BCUT2D eigenvalue weighted by molar-refractivity contribution is -0.139. The van der Waals surface area contributed by atoms with Crippen molar-refractivity contribution < 1.29 is 27.5 Å². The van der Waals surface area contributed by atoms with Crippen molar-refractivity contribution in [3.05, 3.63) is 93.8 Å². The SMILES string of the molecule is COC(=O)C1=C(C)NC(C)=C(C(=O)NCc2ccccc2)[C@@H]1c1ccccc1C(F)(F)F. The van der Waals surface area contributed by atoms with E-state index < -0.39 is 29.5 Å². The van der Waals surface area contributed by atoms with E-state index in [0.717, 1.165) is 18.7 Å². The lowest BCUT2D eigenvalue weighted by Gasteiger charge is -2.32. The van der Waals surface area contributed by atoms with Gasteiger partial charge in [0.1, 0.15) is 0 Å². The van der Waals surface area contributed by atoms with Crippen molar-refractivity contribution in [3.8, 4) is 0 Å². The number of methoxy groups -OCH3 is 1. The summed E-state index contributed by atoms with van der Waals surface area (Å²) in [5.41, 5.74) is 0.407. The van der Waals surface area contributed by atoms with Crippen molar-refractivity contribution >= 4 is 11.9 Å². The highest BCUT2D eigenvalue weighted by atomic mass is 19.4. The van der Waals surface area contributed by atoms with E-state index in [4.69, 9.17) is 4.74 Å². The largest absolute Gasteiger partial charge is 0.466 e. The second-order valence-electron chi connectivity index (χ2n) is 7.38. The second-order valence-corrected chi connectivity index (χ2v) is 7.38. The fourth-order valence-corrected chi connectivity index (χ4v) is 3.87. The minimum atomic E-state index is -4.67. The van der Waals surface area contributed by atoms with Crippen LogP contribution in [0.4, 0.5) is 13.2 Å². The molecule has 1 heterocycles. The second kappa shape index (κ2) is 9.30. The molecule has 1 atom stereocenters. The highest BCUT2D eigenvalue weighted by molar-refractivity contribution is 6.02. The van der Waals surface area contributed by atoms with Crippen LogP contribution < -0.4 is 10.6 Å². The summed E-state index contributed by atoms with van der Waals surface area (Å²) in [5, 5.41) is 5.70. The van der Waals surface area contributed by atoms with E-state index in [1.54, 1.807) is 13.8 Å². The van der Waals surface area contributed by atoms with Crippen LogP contribution >= 0.6 is 0 Å². The minimum Gasteiger partial charge on any atom is -0.466 e. The average Bonchev–Trinajstić information content (AvgIpc) is 2.76. The number of esters is 1. The smallest absolute Gasteiger partial charge is 0.416 e. The van der Waals surface area contributed by atoms with Gasteiger partial charge in [0.05, 0.1) is 24.2 Å². The maximum Gasteiger partial charge on any atom is 0.416 e. The zero-order chi connectivity index (χ0) is 23.5. The number of dihydropyridines is 1. The molecule has 0 fully saturated rings. The summed E-state index contributed by atoms with van der Waals surface area (Å²) in [7, 11) is 1.15. The van der Waals surface area contributed by atoms with Gasteiger partial charge in [0.2, 0.25) is 5.91 Å². The molecule has 3 rings (SSSR count). The highest BCUT2D eigenvalue weighted by Crippen LogP contribution is 2.44. The van der Waals surface area contributed by atoms with Crippen molar-refractivity contribution in [2.45, 2.75) is 32.5 Å². The van der Waals surface area contributed by atoms with Gasteiger partial charge in [-0.3, -0.25) is 4.79 Å². The fourth-order valence-electron chi connectivity index (χ4n) is 3.87. The predicted octanol–water partition coefficient (Wildman–Crippen LogP) is 4.43. The number of allylic oxidation sites excluding steroid dienone is 2. The lowest BCUT2D eigenvalue weighted by atomic mass is 9.78. The molecule has 0 spiro atoms. The molecule has 0 unspecified atom stereocenters. The number of carbonyl (C=O) groups is 2. The number of nitrogens with one attached hydrogen (secondary N) is 2. The Morgan fingerprint density at radius 1 is 0.969 bits per heavy atom. The summed E-state index contributed by atoms with van der Waals surface area (Å²) < 4.78 is 46.4. The van der Waals surface area contributed by atoms with Gasteiger partial charge in [0.25, 0.3) is 0 Å². The molecule has 0 radical (unpaired) electrons. The van der Waals surface area contributed by atoms with Gasteiger partial charge in [-0.05, 0) is 31.0 Å². The molecule has 2 aromatic carbocycles. The number of hydrogen-bond acceptors (Lipinski definition) is 4. The third-order valence-corrected chi connectivity index (χ3v) is 5.28. The Labute approximate surface area is 184 Å². The third kappa shape index (κ3) is 4.69. The number of carbonyl (C=O) groups excluding carboxylic acids is 2. The van der Waals surface area contributed by atoms with Gasteiger partial charge in [0.15, 0.2) is 0 Å². The van der Waals surface area contributed by atoms with E-state index in [-0.39, 0.29) is 23.3 Å². The zero-order valence-corrected chi connectivity index (χ0v) is 17.8. The lowest BCUT2D eigenvalue weighted by Crippen LogP contribution is -2.36. The summed E-state index contributed by atoms with van der Waals surface area (Å²) in [6.45, 7) is 3.34. The van der Waals surface area contributed by atoms with Crippen LogP contribution in [0.15, 0.2) is 77.1 Å². The van der Waals surface area contributed by atoms with Crippen molar-refractivity contribution in [2.75, 3.05) is 7.11 Å². The van der Waals surface area contributed by atoms with E-state index in [1.165, 1.54) is 18.2 Å². The van der Waals surface area contributed by atoms with Gasteiger partial charge >= 0.3 is 12.1 Å². The monoisotopic (exact) mass is 444 g/mol. The number of rotatable bonds is 5.